The molecule has 0 fully saturated rings. The zero-order valence-corrected chi connectivity index (χ0v) is 9.98. The summed E-state index contributed by atoms with van der Waals surface area (Å²) in [6, 6.07) is 1.99. The van der Waals surface area contributed by atoms with Gasteiger partial charge >= 0.3 is 0 Å². The van der Waals surface area contributed by atoms with Gasteiger partial charge in [0.2, 0.25) is 5.91 Å². The van der Waals surface area contributed by atoms with Crippen LogP contribution in [0.25, 0.3) is 0 Å². The molecule has 1 aliphatic heterocycles. The summed E-state index contributed by atoms with van der Waals surface area (Å²) in [4.78, 5) is 11.6. The van der Waals surface area contributed by atoms with E-state index in [1.165, 1.54) is 5.57 Å². The minimum atomic E-state index is 0.109. The molecule has 0 saturated carbocycles. The smallest absolute Gasteiger partial charge is 0.224 e. The third-order valence-electron chi connectivity index (χ3n) is 2.62. The van der Waals surface area contributed by atoms with Crippen molar-refractivity contribution < 1.29 is 4.79 Å². The highest BCUT2D eigenvalue weighted by Gasteiger charge is 2.06. The van der Waals surface area contributed by atoms with Crippen LogP contribution in [0, 0.1) is 0 Å². The van der Waals surface area contributed by atoms with Crippen LogP contribution in [0.2, 0.25) is 0 Å². The minimum absolute atomic E-state index is 0.109. The van der Waals surface area contributed by atoms with Crippen LogP contribution in [-0.4, -0.2) is 25.5 Å². The van der Waals surface area contributed by atoms with Gasteiger partial charge in [0.15, 0.2) is 0 Å². The van der Waals surface area contributed by atoms with Crippen LogP contribution in [0.4, 0.5) is 0 Å². The maximum absolute atomic E-state index is 11.6. The van der Waals surface area contributed by atoms with E-state index in [0.29, 0.717) is 13.0 Å². The van der Waals surface area contributed by atoms with E-state index in [1.54, 1.807) is 11.3 Å². The molecule has 3 nitrogen and oxygen atoms in total. The number of nitrogens with one attached hydrogen (secondary N) is 2. The summed E-state index contributed by atoms with van der Waals surface area (Å²) < 4.78 is 0. The van der Waals surface area contributed by atoms with E-state index >= 15 is 0 Å². The summed E-state index contributed by atoms with van der Waals surface area (Å²) in [5.74, 6) is 0.109. The number of rotatable bonds is 4. The molecule has 0 aromatic carbocycles. The van der Waals surface area contributed by atoms with E-state index in [0.717, 1.165) is 25.1 Å². The largest absolute Gasteiger partial charge is 0.352 e. The van der Waals surface area contributed by atoms with Crippen LogP contribution >= 0.6 is 11.3 Å². The van der Waals surface area contributed by atoms with Crippen molar-refractivity contribution in [2.75, 3.05) is 19.6 Å². The van der Waals surface area contributed by atoms with E-state index in [1.807, 2.05) is 16.8 Å². The number of amides is 1. The fourth-order valence-corrected chi connectivity index (χ4v) is 2.35. The highest BCUT2D eigenvalue weighted by atomic mass is 32.1. The third-order valence-corrected chi connectivity index (χ3v) is 3.35. The van der Waals surface area contributed by atoms with E-state index in [9.17, 15) is 4.79 Å². The Labute approximate surface area is 99.6 Å². The summed E-state index contributed by atoms with van der Waals surface area (Å²) in [5, 5.41) is 10.2. The maximum Gasteiger partial charge on any atom is 0.224 e. The average molecular weight is 236 g/mol. The zero-order valence-electron chi connectivity index (χ0n) is 9.16. The molecular weight excluding hydrogens is 220 g/mol. The van der Waals surface area contributed by atoms with Crippen LogP contribution in [0.3, 0.4) is 0 Å². The Morgan fingerprint density at radius 2 is 2.50 bits per heavy atom. The molecule has 2 N–H and O–H groups in total. The van der Waals surface area contributed by atoms with Crippen molar-refractivity contribution in [1.82, 2.24) is 10.6 Å². The summed E-state index contributed by atoms with van der Waals surface area (Å²) >= 11 is 1.63. The Balaban J connectivity index is 1.73. The third kappa shape index (κ3) is 3.47. The molecule has 1 aromatic rings. The van der Waals surface area contributed by atoms with Gasteiger partial charge in [-0.2, -0.15) is 11.3 Å². The lowest BCUT2D eigenvalue weighted by Crippen LogP contribution is -2.30. The van der Waals surface area contributed by atoms with Gasteiger partial charge < -0.3 is 10.6 Å². The molecule has 0 atom stereocenters. The van der Waals surface area contributed by atoms with Gasteiger partial charge in [-0.25, -0.2) is 0 Å². The fourth-order valence-electron chi connectivity index (χ4n) is 1.68. The van der Waals surface area contributed by atoms with Crippen LogP contribution in [-0.2, 0) is 11.2 Å². The molecule has 86 valence electrons. The van der Waals surface area contributed by atoms with Crippen LogP contribution in [0.5, 0.6) is 0 Å². The van der Waals surface area contributed by atoms with Gasteiger partial charge in [-0.05, 0) is 35.4 Å². The molecule has 2 rings (SSSR count). The number of carbonyl (C=O) groups is 1. The number of carbonyl (C=O) groups excluding carboxylic acids is 1. The Kier molecular flexibility index (Phi) is 4.13. The Morgan fingerprint density at radius 3 is 3.19 bits per heavy atom. The van der Waals surface area contributed by atoms with Crippen molar-refractivity contribution in [2.45, 2.75) is 12.8 Å². The zero-order chi connectivity index (χ0) is 11.2. The highest BCUT2D eigenvalue weighted by Crippen LogP contribution is 2.07. The van der Waals surface area contributed by atoms with E-state index in [-0.39, 0.29) is 5.91 Å². The first kappa shape index (κ1) is 11.4. The van der Waals surface area contributed by atoms with Crippen molar-refractivity contribution in [3.8, 4) is 0 Å². The molecular formula is C12H16N2OS. The standard InChI is InChI=1S/C12H16N2OS/c15-12(7-11-3-6-16-9-11)14-8-10-1-4-13-5-2-10/h1,3,6,9,13H,2,4-5,7-8H2,(H,14,15). The molecule has 0 bridgehead atoms. The van der Waals surface area contributed by atoms with E-state index in [2.05, 4.69) is 16.7 Å². The van der Waals surface area contributed by atoms with Gasteiger partial charge in [0.05, 0.1) is 6.42 Å². The molecule has 0 saturated heterocycles. The van der Waals surface area contributed by atoms with Crippen molar-refractivity contribution in [1.29, 1.82) is 0 Å². The second-order valence-corrected chi connectivity index (χ2v) is 4.68. The quantitative estimate of drug-likeness (QED) is 0.774. The van der Waals surface area contributed by atoms with Crippen molar-refractivity contribution in [2.24, 2.45) is 0 Å². The fraction of sp³-hybridized carbons (Fsp3) is 0.417. The molecule has 0 unspecified atom stereocenters. The predicted molar refractivity (Wildman–Crippen MR) is 66.6 cm³/mol. The maximum atomic E-state index is 11.6. The lowest BCUT2D eigenvalue weighted by Gasteiger charge is -2.14. The van der Waals surface area contributed by atoms with E-state index < -0.39 is 0 Å². The molecule has 1 amide bonds. The Morgan fingerprint density at radius 1 is 1.56 bits per heavy atom. The number of thiophene rings is 1. The first-order chi connectivity index (χ1) is 7.84. The topological polar surface area (TPSA) is 41.1 Å². The van der Waals surface area contributed by atoms with Crippen LogP contribution in [0.1, 0.15) is 12.0 Å². The lowest BCUT2D eigenvalue weighted by molar-refractivity contribution is -0.120. The van der Waals surface area contributed by atoms with Gasteiger partial charge in [0, 0.05) is 13.1 Å². The minimum Gasteiger partial charge on any atom is -0.352 e. The van der Waals surface area contributed by atoms with Crippen molar-refractivity contribution in [3.05, 3.63) is 34.0 Å². The van der Waals surface area contributed by atoms with Crippen molar-refractivity contribution >= 4 is 17.2 Å². The average Bonchev–Trinajstić information content (AvgIpc) is 2.81. The molecule has 0 radical (unpaired) electrons. The number of hydrogen-bond acceptors (Lipinski definition) is 3. The summed E-state index contributed by atoms with van der Waals surface area (Å²) in [6.07, 6.45) is 3.70. The summed E-state index contributed by atoms with van der Waals surface area (Å²) in [5.41, 5.74) is 2.43. The van der Waals surface area contributed by atoms with Gasteiger partial charge in [0.1, 0.15) is 0 Å². The number of hydrogen-bond donors (Lipinski definition) is 2. The summed E-state index contributed by atoms with van der Waals surface area (Å²) in [7, 11) is 0. The van der Waals surface area contributed by atoms with Crippen LogP contribution in [0.15, 0.2) is 28.5 Å². The van der Waals surface area contributed by atoms with Crippen molar-refractivity contribution in [3.63, 3.8) is 0 Å². The van der Waals surface area contributed by atoms with Gasteiger partial charge in [-0.3, -0.25) is 4.79 Å². The highest BCUT2D eigenvalue weighted by molar-refractivity contribution is 7.07. The van der Waals surface area contributed by atoms with E-state index in [4.69, 9.17) is 0 Å². The monoisotopic (exact) mass is 236 g/mol. The first-order valence-electron chi connectivity index (χ1n) is 5.51. The van der Waals surface area contributed by atoms with Crippen LogP contribution < -0.4 is 10.6 Å². The SMILES string of the molecule is O=C(Cc1ccsc1)NCC1=CCNCC1. The molecule has 0 spiro atoms. The lowest BCUT2D eigenvalue weighted by atomic mass is 10.1. The van der Waals surface area contributed by atoms with Gasteiger partial charge in [-0.1, -0.05) is 11.6 Å². The second-order valence-electron chi connectivity index (χ2n) is 3.90. The molecule has 1 aromatic heterocycles. The molecule has 1 aliphatic rings. The summed E-state index contributed by atoms with van der Waals surface area (Å²) in [6.45, 7) is 2.65. The predicted octanol–water partition coefficient (Wildman–Crippen LogP) is 1.33. The first-order valence-corrected chi connectivity index (χ1v) is 6.45. The molecule has 0 aliphatic carbocycles. The molecule has 2 heterocycles. The molecule has 4 heteroatoms. The molecule has 16 heavy (non-hydrogen) atoms. The van der Waals surface area contributed by atoms with Gasteiger partial charge in [0.25, 0.3) is 0 Å². The Hall–Kier alpha value is -1.13. The van der Waals surface area contributed by atoms with Gasteiger partial charge in [-0.15, -0.1) is 0 Å². The normalized spacial score (nSPS) is 15.6. The second kappa shape index (κ2) is 5.82. The Bertz CT molecular complexity index is 370.